The lowest BCUT2D eigenvalue weighted by Crippen LogP contribution is -2.28. The van der Waals surface area contributed by atoms with Gasteiger partial charge in [-0.2, -0.15) is 4.98 Å². The second kappa shape index (κ2) is 8.32. The van der Waals surface area contributed by atoms with E-state index in [1.165, 1.54) is 0 Å². The van der Waals surface area contributed by atoms with E-state index in [1.54, 1.807) is 0 Å². The van der Waals surface area contributed by atoms with Crippen LogP contribution in [0.5, 0.6) is 5.75 Å². The van der Waals surface area contributed by atoms with Crippen LogP contribution in [-0.4, -0.2) is 14.8 Å². The highest BCUT2D eigenvalue weighted by Crippen LogP contribution is 2.40. The summed E-state index contributed by atoms with van der Waals surface area (Å²) in [4.78, 5) is 4.36. The molecule has 1 aliphatic heterocycles. The van der Waals surface area contributed by atoms with Crippen molar-refractivity contribution in [1.82, 2.24) is 14.8 Å². The Kier molecular flexibility index (Phi) is 5.22. The Balaban J connectivity index is 1.39. The third-order valence-electron chi connectivity index (χ3n) is 5.50. The summed E-state index contributed by atoms with van der Waals surface area (Å²) in [7, 11) is 0. The third kappa shape index (κ3) is 4.07. The van der Waals surface area contributed by atoms with Crippen LogP contribution in [0.15, 0.2) is 78.9 Å². The van der Waals surface area contributed by atoms with Gasteiger partial charge < -0.3 is 15.8 Å². The molecule has 1 aromatic heterocycles. The van der Waals surface area contributed by atoms with Crippen molar-refractivity contribution in [3.63, 3.8) is 0 Å². The lowest BCUT2D eigenvalue weighted by Gasteiger charge is -2.32. The summed E-state index contributed by atoms with van der Waals surface area (Å²) in [5.41, 5.74) is 9.18. The van der Waals surface area contributed by atoms with Gasteiger partial charge in [0.15, 0.2) is 0 Å². The van der Waals surface area contributed by atoms with Crippen LogP contribution < -0.4 is 15.8 Å². The summed E-state index contributed by atoms with van der Waals surface area (Å²) in [6.07, 6.45) is 0.768. The van der Waals surface area contributed by atoms with Gasteiger partial charge in [-0.3, -0.25) is 0 Å². The van der Waals surface area contributed by atoms with Gasteiger partial charge >= 0.3 is 0 Å². The van der Waals surface area contributed by atoms with Crippen molar-refractivity contribution in [2.24, 2.45) is 0 Å². The molecule has 3 N–H and O–H groups in total. The number of rotatable bonds is 5. The second-order valence-corrected chi connectivity index (χ2v) is 7.96. The maximum Gasteiger partial charge on any atom is 0.241 e. The normalized spacial score (nSPS) is 17.6. The minimum absolute atomic E-state index is 0.00353. The fraction of sp³-hybridized carbons (Fsp3) is 0.167. The van der Waals surface area contributed by atoms with E-state index in [4.69, 9.17) is 22.1 Å². The van der Waals surface area contributed by atoms with Crippen LogP contribution in [0.3, 0.4) is 0 Å². The van der Waals surface area contributed by atoms with Crippen molar-refractivity contribution in [2.75, 3.05) is 11.1 Å². The number of hydrogen-bond donors (Lipinski definition) is 2. The average Bonchev–Trinajstić information content (AvgIpc) is 3.18. The van der Waals surface area contributed by atoms with Crippen LogP contribution >= 0.6 is 11.6 Å². The molecule has 3 aromatic carbocycles. The fourth-order valence-electron chi connectivity index (χ4n) is 3.96. The van der Waals surface area contributed by atoms with Crippen LogP contribution in [0.4, 0.5) is 11.9 Å². The Morgan fingerprint density at radius 2 is 1.74 bits per heavy atom. The highest BCUT2D eigenvalue weighted by atomic mass is 35.5. The molecule has 0 radical (unpaired) electrons. The van der Waals surface area contributed by atoms with Gasteiger partial charge in [0.05, 0.1) is 12.1 Å². The average molecular weight is 432 g/mol. The van der Waals surface area contributed by atoms with E-state index >= 15 is 0 Å². The van der Waals surface area contributed by atoms with Gasteiger partial charge in [-0.05, 0) is 41.3 Å². The van der Waals surface area contributed by atoms with Crippen LogP contribution in [0.2, 0.25) is 5.02 Å². The zero-order valence-electron chi connectivity index (χ0n) is 16.8. The molecule has 1 aliphatic rings. The van der Waals surface area contributed by atoms with E-state index in [1.807, 2.05) is 59.3 Å². The molecule has 0 amide bonds. The molecule has 2 heterocycles. The van der Waals surface area contributed by atoms with E-state index in [0.29, 0.717) is 12.6 Å². The van der Waals surface area contributed by atoms with Crippen LogP contribution in [-0.2, 0) is 6.61 Å². The predicted molar refractivity (Wildman–Crippen MR) is 122 cm³/mol. The molecule has 7 heteroatoms. The number of nitrogens with one attached hydrogen (secondary N) is 1. The number of fused-ring (bicyclic) bond motifs is 1. The summed E-state index contributed by atoms with van der Waals surface area (Å²) in [5.74, 6) is 1.71. The first-order valence-electron chi connectivity index (χ1n) is 10.2. The molecule has 0 saturated carbocycles. The fourth-order valence-corrected chi connectivity index (χ4v) is 4.23. The number of aromatic nitrogens is 3. The predicted octanol–water partition coefficient (Wildman–Crippen LogP) is 5.24. The van der Waals surface area contributed by atoms with Gasteiger partial charge in [0, 0.05) is 5.02 Å². The van der Waals surface area contributed by atoms with Crippen molar-refractivity contribution in [2.45, 2.75) is 25.1 Å². The number of halogens is 1. The third-order valence-corrected chi connectivity index (χ3v) is 5.84. The number of nitrogens with two attached hydrogens (primary N) is 1. The molecule has 31 heavy (non-hydrogen) atoms. The number of nitrogen functional groups attached to an aromatic ring is 1. The van der Waals surface area contributed by atoms with Gasteiger partial charge in [-0.25, -0.2) is 4.68 Å². The number of benzene rings is 3. The van der Waals surface area contributed by atoms with Crippen molar-refractivity contribution >= 4 is 23.5 Å². The molecule has 0 aliphatic carbocycles. The Labute approximate surface area is 185 Å². The first-order chi connectivity index (χ1) is 15.2. The van der Waals surface area contributed by atoms with Crippen molar-refractivity contribution in [1.29, 1.82) is 0 Å². The second-order valence-electron chi connectivity index (χ2n) is 7.55. The highest BCUT2D eigenvalue weighted by molar-refractivity contribution is 6.31. The minimum atomic E-state index is -0.0227. The van der Waals surface area contributed by atoms with Gasteiger partial charge in [0.2, 0.25) is 11.9 Å². The van der Waals surface area contributed by atoms with Gasteiger partial charge in [0.1, 0.15) is 12.4 Å². The molecular formula is C24H22ClN5O. The van der Waals surface area contributed by atoms with E-state index in [-0.39, 0.29) is 18.0 Å². The number of hydrogen-bond acceptors (Lipinski definition) is 5. The summed E-state index contributed by atoms with van der Waals surface area (Å²) < 4.78 is 7.78. The Hall–Kier alpha value is -3.51. The molecule has 4 aromatic rings. The van der Waals surface area contributed by atoms with Crippen LogP contribution in [0.25, 0.3) is 0 Å². The van der Waals surface area contributed by atoms with E-state index < -0.39 is 0 Å². The largest absolute Gasteiger partial charge is 0.489 e. The quantitative estimate of drug-likeness (QED) is 0.452. The molecule has 6 nitrogen and oxygen atoms in total. The Bertz CT molecular complexity index is 1180. The zero-order valence-corrected chi connectivity index (χ0v) is 17.5. The molecule has 0 fully saturated rings. The van der Waals surface area contributed by atoms with Crippen LogP contribution in [0.1, 0.15) is 35.2 Å². The zero-order chi connectivity index (χ0) is 21.2. The summed E-state index contributed by atoms with van der Waals surface area (Å²) in [6.45, 7) is 0.534. The molecular weight excluding hydrogens is 410 g/mol. The molecule has 5 rings (SSSR count). The summed E-state index contributed by atoms with van der Waals surface area (Å²) in [6, 6.07) is 26.1. The lowest BCUT2D eigenvalue weighted by atomic mass is 9.93. The van der Waals surface area contributed by atoms with Crippen molar-refractivity contribution < 1.29 is 4.74 Å². The van der Waals surface area contributed by atoms with E-state index in [0.717, 1.165) is 33.9 Å². The molecule has 0 bridgehead atoms. The molecule has 156 valence electrons. The first kappa shape index (κ1) is 19.5. The maximum absolute atomic E-state index is 6.47. The topological polar surface area (TPSA) is 78.0 Å². The molecule has 0 saturated heterocycles. The molecule has 2 atom stereocenters. The van der Waals surface area contributed by atoms with E-state index in [9.17, 15) is 0 Å². The summed E-state index contributed by atoms with van der Waals surface area (Å²) in [5, 5.41) is 8.57. The molecule has 0 unspecified atom stereocenters. The number of ether oxygens (including phenoxy) is 1. The highest BCUT2D eigenvalue weighted by Gasteiger charge is 2.31. The SMILES string of the molecule is Nc1nc2n(n1)[C@@H](c1ccc(OCc3ccccc3)cc1)C[C@H](c1ccccc1Cl)N2. The van der Waals surface area contributed by atoms with E-state index in [2.05, 4.69) is 39.7 Å². The Morgan fingerprint density at radius 1 is 1.00 bits per heavy atom. The maximum atomic E-state index is 6.47. The van der Waals surface area contributed by atoms with Gasteiger partial charge in [-0.1, -0.05) is 72.3 Å². The van der Waals surface area contributed by atoms with Crippen molar-refractivity contribution in [3.8, 4) is 5.75 Å². The van der Waals surface area contributed by atoms with Crippen molar-refractivity contribution in [3.05, 3.63) is 101 Å². The summed E-state index contributed by atoms with van der Waals surface area (Å²) >= 11 is 6.47. The van der Waals surface area contributed by atoms with Crippen LogP contribution in [0, 0.1) is 0 Å². The lowest BCUT2D eigenvalue weighted by molar-refractivity contribution is 0.306. The molecule has 0 spiro atoms. The first-order valence-corrected chi connectivity index (χ1v) is 10.5. The standard InChI is InChI=1S/C24H22ClN5O/c25-20-9-5-4-8-19(20)21-14-22(30-24(27-21)28-23(26)29-30)17-10-12-18(13-11-17)31-15-16-6-2-1-3-7-16/h1-13,21-22H,14-15H2,(H3,26,27,28,29)/t21-,22-/m1/s1. The Morgan fingerprint density at radius 3 is 2.52 bits per heavy atom. The number of nitrogens with zero attached hydrogens (tertiary/aromatic N) is 3. The monoisotopic (exact) mass is 431 g/mol. The minimum Gasteiger partial charge on any atom is -0.489 e. The van der Waals surface area contributed by atoms with Gasteiger partial charge in [-0.15, -0.1) is 5.10 Å². The smallest absolute Gasteiger partial charge is 0.241 e. The van der Waals surface area contributed by atoms with Gasteiger partial charge in [0.25, 0.3) is 0 Å². The number of anilines is 2.